The number of carbonyl (C=O) groups is 1. The minimum absolute atomic E-state index is 0.110. The number of amides is 1. The molecular weight excluding hydrogens is 274 g/mol. The molecule has 0 saturated carbocycles. The van der Waals surface area contributed by atoms with Crippen LogP contribution in [0.2, 0.25) is 0 Å². The topological polar surface area (TPSA) is 40.5 Å². The molecule has 1 unspecified atom stereocenters. The Kier molecular flexibility index (Phi) is 3.88. The Morgan fingerprint density at radius 1 is 1.32 bits per heavy atom. The summed E-state index contributed by atoms with van der Waals surface area (Å²) in [5.74, 6) is 0.391. The van der Waals surface area contributed by atoms with Gasteiger partial charge in [-0.3, -0.25) is 4.79 Å². The molecule has 0 aliphatic heterocycles. The van der Waals surface area contributed by atoms with Gasteiger partial charge in [0.2, 0.25) is 5.91 Å². The zero-order valence-electron chi connectivity index (χ0n) is 13.0. The monoisotopic (exact) mass is 295 g/mol. The summed E-state index contributed by atoms with van der Waals surface area (Å²) in [6, 6.07) is 7.81. The summed E-state index contributed by atoms with van der Waals surface area (Å²) < 4.78 is 0. The van der Waals surface area contributed by atoms with Crippen LogP contribution in [0.1, 0.15) is 31.7 Å². The lowest BCUT2D eigenvalue weighted by molar-refractivity contribution is -0.118. The number of hydrogen-bond acceptors (Lipinski definition) is 2. The summed E-state index contributed by atoms with van der Waals surface area (Å²) in [4.78, 5) is 14.6. The predicted molar refractivity (Wildman–Crippen MR) is 88.9 cm³/mol. The van der Waals surface area contributed by atoms with Gasteiger partial charge in [-0.15, -0.1) is 0 Å². The van der Waals surface area contributed by atoms with Gasteiger partial charge in [0.15, 0.2) is 0 Å². The van der Waals surface area contributed by atoms with Crippen molar-refractivity contribution in [2.75, 3.05) is 4.90 Å². The molecule has 0 aromatic heterocycles. The maximum atomic E-state index is 12.8. The van der Waals surface area contributed by atoms with Gasteiger partial charge in [0.25, 0.3) is 0 Å². The molecule has 0 spiro atoms. The number of aliphatic hydroxyl groups excluding tert-OH is 1. The molecule has 0 saturated heterocycles. The van der Waals surface area contributed by atoms with E-state index in [-0.39, 0.29) is 17.7 Å². The Morgan fingerprint density at radius 2 is 2.14 bits per heavy atom. The summed E-state index contributed by atoms with van der Waals surface area (Å²) in [5.41, 5.74) is 3.82. The first-order chi connectivity index (χ1) is 10.6. The minimum atomic E-state index is -0.175. The highest BCUT2D eigenvalue weighted by atomic mass is 16.3. The summed E-state index contributed by atoms with van der Waals surface area (Å²) in [6.07, 6.45) is 8.05. The molecule has 0 fully saturated rings. The van der Waals surface area contributed by atoms with Crippen molar-refractivity contribution in [3.8, 4) is 0 Å². The molecule has 0 heterocycles. The lowest BCUT2D eigenvalue weighted by atomic mass is 10.1. The number of rotatable bonds is 5. The highest BCUT2D eigenvalue weighted by molar-refractivity contribution is 5.96. The number of allylic oxidation sites excluding steroid dienone is 1. The first-order valence-corrected chi connectivity index (χ1v) is 7.83. The zero-order valence-corrected chi connectivity index (χ0v) is 13.0. The van der Waals surface area contributed by atoms with Gasteiger partial charge in [0.1, 0.15) is 5.76 Å². The van der Waals surface area contributed by atoms with E-state index in [4.69, 9.17) is 0 Å². The first kappa shape index (κ1) is 14.6. The third-order valence-electron chi connectivity index (χ3n) is 4.22. The van der Waals surface area contributed by atoms with Crippen LogP contribution >= 0.6 is 0 Å². The summed E-state index contributed by atoms with van der Waals surface area (Å²) in [6.45, 7) is 4.11. The molecule has 3 nitrogen and oxygen atoms in total. The van der Waals surface area contributed by atoms with Gasteiger partial charge in [-0.25, -0.2) is 0 Å². The fourth-order valence-electron chi connectivity index (χ4n) is 3.09. The molecule has 1 aromatic carbocycles. The second-order valence-electron chi connectivity index (χ2n) is 5.93. The SMILES string of the molecule is CCCCC(=O)N(c1cccc(C)c1)C1C2=CC(O)=C1C=C2. The van der Waals surface area contributed by atoms with Gasteiger partial charge in [-0.2, -0.15) is 0 Å². The van der Waals surface area contributed by atoms with Crippen molar-refractivity contribution in [3.63, 3.8) is 0 Å². The number of nitrogens with zero attached hydrogens (tertiary/aromatic N) is 1. The van der Waals surface area contributed by atoms with Crippen molar-refractivity contribution in [2.24, 2.45) is 0 Å². The van der Waals surface area contributed by atoms with Crippen LogP contribution in [0.3, 0.4) is 0 Å². The van der Waals surface area contributed by atoms with Gasteiger partial charge in [0, 0.05) is 17.7 Å². The van der Waals surface area contributed by atoms with Crippen LogP contribution in [-0.4, -0.2) is 17.1 Å². The first-order valence-electron chi connectivity index (χ1n) is 7.83. The van der Waals surface area contributed by atoms with Crippen LogP contribution in [-0.2, 0) is 4.79 Å². The molecule has 1 aromatic rings. The number of anilines is 1. The molecule has 1 atom stereocenters. The van der Waals surface area contributed by atoms with Crippen LogP contribution in [0.4, 0.5) is 5.69 Å². The maximum absolute atomic E-state index is 12.8. The molecule has 0 radical (unpaired) electrons. The summed E-state index contributed by atoms with van der Waals surface area (Å²) >= 11 is 0. The van der Waals surface area contributed by atoms with E-state index >= 15 is 0 Å². The third-order valence-corrected chi connectivity index (χ3v) is 4.22. The fourth-order valence-corrected chi connectivity index (χ4v) is 3.09. The largest absolute Gasteiger partial charge is 0.508 e. The zero-order chi connectivity index (χ0) is 15.7. The number of carbonyl (C=O) groups excluding carboxylic acids is 1. The number of aryl methyl sites for hydroxylation is 1. The van der Waals surface area contributed by atoms with E-state index in [1.165, 1.54) is 0 Å². The Balaban J connectivity index is 1.98. The molecule has 2 aliphatic carbocycles. The molecule has 3 rings (SSSR count). The Morgan fingerprint density at radius 3 is 2.73 bits per heavy atom. The van der Waals surface area contributed by atoms with Crippen LogP contribution in [0, 0.1) is 6.92 Å². The van der Waals surface area contributed by atoms with Crippen LogP contribution in [0.5, 0.6) is 0 Å². The van der Waals surface area contributed by atoms with E-state index in [0.29, 0.717) is 6.42 Å². The van der Waals surface area contributed by atoms with Gasteiger partial charge < -0.3 is 10.0 Å². The highest BCUT2D eigenvalue weighted by Gasteiger charge is 2.37. The lowest BCUT2D eigenvalue weighted by Crippen LogP contribution is -2.40. The number of unbranched alkanes of at least 4 members (excludes halogenated alkanes) is 1. The highest BCUT2D eigenvalue weighted by Crippen LogP contribution is 2.39. The average Bonchev–Trinajstić information content (AvgIpc) is 3.02. The Hall–Kier alpha value is -2.29. The van der Waals surface area contributed by atoms with E-state index in [0.717, 1.165) is 35.2 Å². The van der Waals surface area contributed by atoms with Crippen LogP contribution in [0.15, 0.2) is 59.4 Å². The molecule has 3 heteroatoms. The second-order valence-corrected chi connectivity index (χ2v) is 5.93. The van der Waals surface area contributed by atoms with E-state index in [1.54, 1.807) is 6.08 Å². The summed E-state index contributed by atoms with van der Waals surface area (Å²) in [7, 11) is 0. The van der Waals surface area contributed by atoms with Crippen molar-refractivity contribution in [2.45, 2.75) is 39.2 Å². The quantitative estimate of drug-likeness (QED) is 0.884. The number of benzene rings is 1. The molecular formula is C19H21NO2. The standard InChI is InChI=1S/C19H21NO2/c1-3-4-8-18(22)20(15-7-5-6-13(2)11-15)19-14-9-10-16(19)17(21)12-14/h5-7,9-12,19,21H,3-4,8H2,1-2H3. The van der Waals surface area contributed by atoms with E-state index in [1.807, 2.05) is 48.2 Å². The predicted octanol–water partition coefficient (Wildman–Crippen LogP) is 4.21. The number of aliphatic hydroxyl groups is 1. The third kappa shape index (κ3) is 2.47. The molecule has 1 amide bonds. The number of hydrogen-bond donors (Lipinski definition) is 1. The Labute approximate surface area is 131 Å². The molecule has 114 valence electrons. The van der Waals surface area contributed by atoms with Crippen LogP contribution < -0.4 is 4.90 Å². The molecule has 1 N–H and O–H groups in total. The van der Waals surface area contributed by atoms with Gasteiger partial charge in [0.05, 0.1) is 6.04 Å². The summed E-state index contributed by atoms with van der Waals surface area (Å²) in [5, 5.41) is 10.0. The van der Waals surface area contributed by atoms with E-state index < -0.39 is 0 Å². The minimum Gasteiger partial charge on any atom is -0.508 e. The van der Waals surface area contributed by atoms with Crippen molar-refractivity contribution in [1.82, 2.24) is 0 Å². The maximum Gasteiger partial charge on any atom is 0.227 e. The van der Waals surface area contributed by atoms with Gasteiger partial charge >= 0.3 is 0 Å². The smallest absolute Gasteiger partial charge is 0.227 e. The van der Waals surface area contributed by atoms with Crippen molar-refractivity contribution in [3.05, 3.63) is 65.0 Å². The van der Waals surface area contributed by atoms with Crippen LogP contribution in [0.25, 0.3) is 0 Å². The van der Waals surface area contributed by atoms with Gasteiger partial charge in [-0.05, 0) is 42.7 Å². The van der Waals surface area contributed by atoms with E-state index in [2.05, 4.69) is 6.92 Å². The normalized spacial score (nSPS) is 18.8. The average molecular weight is 295 g/mol. The molecule has 2 bridgehead atoms. The van der Waals surface area contributed by atoms with Crippen molar-refractivity contribution >= 4 is 11.6 Å². The lowest BCUT2D eigenvalue weighted by Gasteiger charge is -2.30. The fraction of sp³-hybridized carbons (Fsp3) is 0.316. The Bertz CT molecular complexity index is 697. The number of fused-ring (bicyclic) bond motifs is 2. The molecule has 2 aliphatic rings. The second kappa shape index (κ2) is 5.84. The van der Waals surface area contributed by atoms with E-state index in [9.17, 15) is 9.90 Å². The van der Waals surface area contributed by atoms with Gasteiger partial charge in [-0.1, -0.05) is 37.6 Å². The van der Waals surface area contributed by atoms with Crippen molar-refractivity contribution < 1.29 is 9.90 Å². The molecule has 22 heavy (non-hydrogen) atoms. The van der Waals surface area contributed by atoms with Crippen molar-refractivity contribution in [1.29, 1.82) is 0 Å².